The van der Waals surface area contributed by atoms with Gasteiger partial charge < -0.3 is 25.0 Å². The maximum Gasteiger partial charge on any atom is 0.313 e. The molecule has 0 spiro atoms. The van der Waals surface area contributed by atoms with Crippen LogP contribution in [-0.2, 0) is 14.3 Å². The van der Waals surface area contributed by atoms with E-state index in [2.05, 4.69) is 39.8 Å². The molecule has 1 aliphatic rings. The number of anilines is 2. The molecule has 2 amide bonds. The van der Waals surface area contributed by atoms with Crippen molar-refractivity contribution in [3.63, 3.8) is 0 Å². The molecule has 8 heteroatoms. The Morgan fingerprint density at radius 2 is 1.78 bits per heavy atom. The molecule has 2 aromatic carbocycles. The number of methoxy groups -OCH3 is 1. The van der Waals surface area contributed by atoms with Gasteiger partial charge in [-0.1, -0.05) is 18.2 Å². The Morgan fingerprint density at radius 1 is 1.09 bits per heavy atom. The number of nitrogens with zero attached hydrogens (tertiary/aromatic N) is 2. The normalized spacial score (nSPS) is 15.0. The van der Waals surface area contributed by atoms with Gasteiger partial charge in [-0.25, -0.2) is 0 Å². The minimum Gasteiger partial charge on any atom is -0.495 e. The van der Waals surface area contributed by atoms with Gasteiger partial charge in [-0.15, -0.1) is 0 Å². The van der Waals surface area contributed by atoms with Crippen LogP contribution in [0.15, 0.2) is 42.5 Å². The molecule has 1 unspecified atom stereocenters. The lowest BCUT2D eigenvalue weighted by molar-refractivity contribution is -0.136. The number of morpholine rings is 1. The molecule has 1 heterocycles. The standard InChI is InChI=1S/C24H32N4O4/c1-17-5-10-22(31-4)20(15-17)26-24(30)23(29)25-16-21(28-11-13-32-14-12-28)18-6-8-19(9-7-18)27(2)3/h5-10,15,21H,11-14,16H2,1-4H3,(H,25,29)(H,26,30). The first-order chi connectivity index (χ1) is 15.4. The fourth-order valence-electron chi connectivity index (χ4n) is 3.71. The zero-order valence-electron chi connectivity index (χ0n) is 19.2. The number of nitrogens with one attached hydrogen (secondary N) is 2. The molecular formula is C24H32N4O4. The number of hydrogen-bond donors (Lipinski definition) is 2. The summed E-state index contributed by atoms with van der Waals surface area (Å²) in [6, 6.07) is 13.6. The maximum absolute atomic E-state index is 12.6. The molecule has 1 saturated heterocycles. The summed E-state index contributed by atoms with van der Waals surface area (Å²) in [4.78, 5) is 29.4. The van der Waals surface area contributed by atoms with E-state index >= 15 is 0 Å². The molecule has 32 heavy (non-hydrogen) atoms. The first-order valence-electron chi connectivity index (χ1n) is 10.7. The van der Waals surface area contributed by atoms with Crippen molar-refractivity contribution in [3.05, 3.63) is 53.6 Å². The lowest BCUT2D eigenvalue weighted by atomic mass is 10.0. The lowest BCUT2D eigenvalue weighted by Crippen LogP contribution is -2.45. The molecular weight excluding hydrogens is 408 g/mol. The summed E-state index contributed by atoms with van der Waals surface area (Å²) in [5.41, 5.74) is 3.61. The minimum atomic E-state index is -0.724. The molecule has 0 saturated carbocycles. The fourth-order valence-corrected chi connectivity index (χ4v) is 3.71. The highest BCUT2D eigenvalue weighted by molar-refractivity contribution is 6.39. The van der Waals surface area contributed by atoms with E-state index in [1.165, 1.54) is 7.11 Å². The Kier molecular flexibility index (Phi) is 8.08. The average molecular weight is 441 g/mol. The molecule has 0 aliphatic carbocycles. The molecule has 1 aliphatic heterocycles. The lowest BCUT2D eigenvalue weighted by Gasteiger charge is -2.35. The van der Waals surface area contributed by atoms with Gasteiger partial charge in [0.15, 0.2) is 0 Å². The summed E-state index contributed by atoms with van der Waals surface area (Å²) in [5, 5.41) is 5.45. The van der Waals surface area contributed by atoms with Crippen molar-refractivity contribution in [1.29, 1.82) is 0 Å². The summed E-state index contributed by atoms with van der Waals surface area (Å²) >= 11 is 0. The van der Waals surface area contributed by atoms with Crippen LogP contribution in [0.1, 0.15) is 17.2 Å². The molecule has 8 nitrogen and oxygen atoms in total. The molecule has 172 valence electrons. The highest BCUT2D eigenvalue weighted by atomic mass is 16.5. The van der Waals surface area contributed by atoms with E-state index in [1.807, 2.05) is 32.0 Å². The van der Waals surface area contributed by atoms with Crippen molar-refractivity contribution in [2.75, 3.05) is 64.3 Å². The maximum atomic E-state index is 12.6. The van der Waals surface area contributed by atoms with Crippen molar-refractivity contribution in [3.8, 4) is 5.75 Å². The van der Waals surface area contributed by atoms with Gasteiger partial charge in [0.05, 0.1) is 32.1 Å². The van der Waals surface area contributed by atoms with Crippen molar-refractivity contribution in [1.82, 2.24) is 10.2 Å². The molecule has 0 aromatic heterocycles. The predicted octanol–water partition coefficient (Wildman–Crippen LogP) is 2.20. The van der Waals surface area contributed by atoms with Crippen molar-refractivity contribution in [2.45, 2.75) is 13.0 Å². The van der Waals surface area contributed by atoms with Crippen LogP contribution in [0.4, 0.5) is 11.4 Å². The van der Waals surface area contributed by atoms with Gasteiger partial charge in [-0.3, -0.25) is 14.5 Å². The molecule has 1 fully saturated rings. The number of carbonyl (C=O) groups excluding carboxylic acids is 2. The van der Waals surface area contributed by atoms with Crippen molar-refractivity contribution in [2.24, 2.45) is 0 Å². The van der Waals surface area contributed by atoms with Crippen LogP contribution < -0.4 is 20.3 Å². The Morgan fingerprint density at radius 3 is 2.41 bits per heavy atom. The summed E-state index contributed by atoms with van der Waals surface area (Å²) in [5.74, 6) is -0.904. The third-order valence-corrected chi connectivity index (χ3v) is 5.55. The van der Waals surface area contributed by atoms with Crippen LogP contribution in [0.2, 0.25) is 0 Å². The van der Waals surface area contributed by atoms with E-state index in [0.29, 0.717) is 31.2 Å². The molecule has 1 atom stereocenters. The van der Waals surface area contributed by atoms with Gasteiger partial charge in [0.2, 0.25) is 0 Å². The minimum absolute atomic E-state index is 0.0552. The van der Waals surface area contributed by atoms with Crippen LogP contribution in [0.5, 0.6) is 5.75 Å². The van der Waals surface area contributed by atoms with E-state index in [-0.39, 0.29) is 6.04 Å². The number of hydrogen-bond acceptors (Lipinski definition) is 6. The van der Waals surface area contributed by atoms with Gasteiger partial charge in [-0.05, 0) is 42.3 Å². The number of amides is 2. The van der Waals surface area contributed by atoms with Gasteiger partial charge >= 0.3 is 11.8 Å². The average Bonchev–Trinajstić information content (AvgIpc) is 2.80. The second-order valence-electron chi connectivity index (χ2n) is 8.02. The molecule has 2 N–H and O–H groups in total. The third-order valence-electron chi connectivity index (χ3n) is 5.55. The predicted molar refractivity (Wildman–Crippen MR) is 125 cm³/mol. The molecule has 0 bridgehead atoms. The zero-order valence-corrected chi connectivity index (χ0v) is 19.2. The monoisotopic (exact) mass is 440 g/mol. The van der Waals surface area contributed by atoms with E-state index in [1.54, 1.807) is 12.1 Å². The second kappa shape index (κ2) is 11.0. The summed E-state index contributed by atoms with van der Waals surface area (Å²) in [6.45, 7) is 5.05. The SMILES string of the molecule is COc1ccc(C)cc1NC(=O)C(=O)NCC(c1ccc(N(C)C)cc1)N1CCOCC1. The topological polar surface area (TPSA) is 83.1 Å². The summed E-state index contributed by atoms with van der Waals surface area (Å²) in [7, 11) is 5.52. The van der Waals surface area contributed by atoms with Gasteiger partial charge in [-0.2, -0.15) is 0 Å². The third kappa shape index (κ3) is 5.99. The largest absolute Gasteiger partial charge is 0.495 e. The molecule has 3 rings (SSSR count). The Bertz CT molecular complexity index is 924. The highest BCUT2D eigenvalue weighted by Crippen LogP contribution is 2.26. The van der Waals surface area contributed by atoms with Crippen LogP contribution >= 0.6 is 0 Å². The number of carbonyl (C=O) groups is 2. The quantitative estimate of drug-likeness (QED) is 0.643. The second-order valence-corrected chi connectivity index (χ2v) is 8.02. The van der Waals surface area contributed by atoms with E-state index in [4.69, 9.17) is 9.47 Å². The van der Waals surface area contributed by atoms with Crippen LogP contribution in [0, 0.1) is 6.92 Å². The number of ether oxygens (including phenoxy) is 2. The van der Waals surface area contributed by atoms with Crippen LogP contribution in [0.3, 0.4) is 0 Å². The van der Waals surface area contributed by atoms with Gasteiger partial charge in [0.1, 0.15) is 5.75 Å². The number of aryl methyl sites for hydroxylation is 1. The van der Waals surface area contributed by atoms with Crippen LogP contribution in [-0.4, -0.2) is 70.8 Å². The molecule has 0 radical (unpaired) electrons. The molecule has 2 aromatic rings. The van der Waals surface area contributed by atoms with Crippen molar-refractivity contribution >= 4 is 23.2 Å². The highest BCUT2D eigenvalue weighted by Gasteiger charge is 2.25. The number of benzene rings is 2. The zero-order chi connectivity index (χ0) is 23.1. The van der Waals surface area contributed by atoms with Crippen molar-refractivity contribution < 1.29 is 19.1 Å². The van der Waals surface area contributed by atoms with E-state index < -0.39 is 11.8 Å². The van der Waals surface area contributed by atoms with E-state index in [0.717, 1.165) is 29.9 Å². The Labute approximate surface area is 189 Å². The first-order valence-corrected chi connectivity index (χ1v) is 10.7. The Hall–Kier alpha value is -3.10. The number of rotatable bonds is 7. The van der Waals surface area contributed by atoms with E-state index in [9.17, 15) is 9.59 Å². The smallest absolute Gasteiger partial charge is 0.313 e. The van der Waals surface area contributed by atoms with Gasteiger partial charge in [0, 0.05) is 39.4 Å². The summed E-state index contributed by atoms with van der Waals surface area (Å²) in [6.07, 6.45) is 0. The first kappa shape index (κ1) is 23.6. The van der Waals surface area contributed by atoms with Gasteiger partial charge in [0.25, 0.3) is 0 Å². The Balaban J connectivity index is 1.69. The summed E-state index contributed by atoms with van der Waals surface area (Å²) < 4.78 is 10.8. The fraction of sp³-hybridized carbons (Fsp3) is 0.417. The van der Waals surface area contributed by atoms with Crippen LogP contribution in [0.25, 0.3) is 0 Å².